The zero-order chi connectivity index (χ0) is 9.42. The number of phenols is 1. The molecule has 0 aliphatic rings. The number of nitrogens with zero attached hydrogens (tertiary/aromatic N) is 1. The third-order valence-corrected chi connectivity index (χ3v) is 1.80. The van der Waals surface area contributed by atoms with Crippen LogP contribution in [-0.2, 0) is 0 Å². The van der Waals surface area contributed by atoms with E-state index in [1.165, 1.54) is 19.2 Å². The number of halogens is 1. The van der Waals surface area contributed by atoms with E-state index in [2.05, 4.69) is 4.98 Å². The highest BCUT2D eigenvalue weighted by Gasteiger charge is 2.10. The largest absolute Gasteiger partial charge is 0.508 e. The number of benzene rings is 1. The standard InChI is InChI=1S/C8H6ClNO3/c1-12-5-2-4(11)3-6-7(5)10-8(9)13-6/h2-3,11H,1H3. The van der Waals surface area contributed by atoms with E-state index in [-0.39, 0.29) is 11.1 Å². The summed E-state index contributed by atoms with van der Waals surface area (Å²) in [5.41, 5.74) is 0.909. The van der Waals surface area contributed by atoms with Gasteiger partial charge in [-0.25, -0.2) is 0 Å². The Bertz CT molecular complexity index is 452. The van der Waals surface area contributed by atoms with Gasteiger partial charge in [0.15, 0.2) is 16.8 Å². The lowest BCUT2D eigenvalue weighted by Gasteiger charge is -1.99. The van der Waals surface area contributed by atoms with E-state index in [1.807, 2.05) is 0 Å². The first-order chi connectivity index (χ1) is 6.20. The van der Waals surface area contributed by atoms with Crippen molar-refractivity contribution in [3.8, 4) is 11.5 Å². The molecule has 1 aromatic carbocycles. The summed E-state index contributed by atoms with van der Waals surface area (Å²) < 4.78 is 9.99. The van der Waals surface area contributed by atoms with Gasteiger partial charge >= 0.3 is 0 Å². The summed E-state index contributed by atoms with van der Waals surface area (Å²) in [6, 6.07) is 2.87. The van der Waals surface area contributed by atoms with Crippen LogP contribution in [0, 0.1) is 0 Å². The van der Waals surface area contributed by atoms with Crippen molar-refractivity contribution >= 4 is 22.7 Å². The lowest BCUT2D eigenvalue weighted by Crippen LogP contribution is -1.83. The molecule has 1 heterocycles. The van der Waals surface area contributed by atoms with Crippen LogP contribution in [0.3, 0.4) is 0 Å². The highest BCUT2D eigenvalue weighted by molar-refractivity contribution is 6.28. The molecule has 4 nitrogen and oxygen atoms in total. The quantitative estimate of drug-likeness (QED) is 0.765. The van der Waals surface area contributed by atoms with Crippen molar-refractivity contribution in [1.82, 2.24) is 4.98 Å². The van der Waals surface area contributed by atoms with Crippen LogP contribution in [0.4, 0.5) is 0 Å². The summed E-state index contributed by atoms with van der Waals surface area (Å²) in [5, 5.41) is 9.27. The van der Waals surface area contributed by atoms with Crippen LogP contribution < -0.4 is 4.74 Å². The van der Waals surface area contributed by atoms with Gasteiger partial charge in [-0.05, 0) is 11.6 Å². The summed E-state index contributed by atoms with van der Waals surface area (Å²) in [6.07, 6.45) is 0. The topological polar surface area (TPSA) is 55.5 Å². The second-order valence-corrected chi connectivity index (χ2v) is 2.78. The first-order valence-electron chi connectivity index (χ1n) is 3.54. The average Bonchev–Trinajstić information content (AvgIpc) is 2.43. The van der Waals surface area contributed by atoms with Gasteiger partial charge in [0.2, 0.25) is 0 Å². The van der Waals surface area contributed by atoms with E-state index < -0.39 is 0 Å². The first kappa shape index (κ1) is 8.19. The van der Waals surface area contributed by atoms with Gasteiger partial charge in [0, 0.05) is 12.1 Å². The Morgan fingerprint density at radius 2 is 2.31 bits per heavy atom. The number of aromatic hydroxyl groups is 1. The molecule has 0 bridgehead atoms. The molecule has 0 aliphatic carbocycles. The van der Waals surface area contributed by atoms with Gasteiger partial charge in [0.1, 0.15) is 5.75 Å². The minimum atomic E-state index is 0.0268. The molecular weight excluding hydrogens is 194 g/mol. The predicted molar refractivity (Wildman–Crippen MR) is 47.2 cm³/mol. The number of aromatic nitrogens is 1. The molecule has 0 radical (unpaired) electrons. The fourth-order valence-corrected chi connectivity index (χ4v) is 1.28. The Labute approximate surface area is 78.7 Å². The monoisotopic (exact) mass is 199 g/mol. The van der Waals surface area contributed by atoms with Crippen LogP contribution in [0.25, 0.3) is 11.1 Å². The Kier molecular flexibility index (Phi) is 1.77. The van der Waals surface area contributed by atoms with E-state index in [1.54, 1.807) is 0 Å². The molecular formula is C8H6ClNO3. The highest BCUT2D eigenvalue weighted by Crippen LogP contribution is 2.31. The van der Waals surface area contributed by atoms with Crippen molar-refractivity contribution in [3.63, 3.8) is 0 Å². The summed E-state index contributed by atoms with van der Waals surface area (Å²) in [7, 11) is 1.48. The maximum atomic E-state index is 9.24. The van der Waals surface area contributed by atoms with E-state index >= 15 is 0 Å². The van der Waals surface area contributed by atoms with Crippen LogP contribution in [0.2, 0.25) is 5.35 Å². The molecule has 0 atom stereocenters. The molecule has 0 aliphatic heterocycles. The zero-order valence-electron chi connectivity index (χ0n) is 6.74. The molecule has 2 aromatic rings. The summed E-state index contributed by atoms with van der Waals surface area (Å²) in [5.74, 6) is 0.489. The molecule has 2 rings (SSSR count). The molecule has 13 heavy (non-hydrogen) atoms. The maximum absolute atomic E-state index is 9.24. The normalized spacial score (nSPS) is 10.6. The molecule has 0 saturated heterocycles. The fourth-order valence-electron chi connectivity index (χ4n) is 1.11. The van der Waals surface area contributed by atoms with E-state index in [0.717, 1.165) is 0 Å². The second-order valence-electron chi connectivity index (χ2n) is 2.46. The molecule has 0 amide bonds. The minimum Gasteiger partial charge on any atom is -0.508 e. The molecule has 0 fully saturated rings. The molecule has 1 N–H and O–H groups in total. The Morgan fingerprint density at radius 3 is 3.00 bits per heavy atom. The number of oxazole rings is 1. The second kappa shape index (κ2) is 2.81. The maximum Gasteiger partial charge on any atom is 0.293 e. The van der Waals surface area contributed by atoms with Crippen molar-refractivity contribution in [2.45, 2.75) is 0 Å². The van der Waals surface area contributed by atoms with Crippen molar-refractivity contribution < 1.29 is 14.3 Å². The number of rotatable bonds is 1. The number of methoxy groups -OCH3 is 1. The van der Waals surface area contributed by atoms with Gasteiger partial charge in [-0.3, -0.25) is 0 Å². The number of hydrogen-bond donors (Lipinski definition) is 1. The summed E-state index contributed by atoms with van der Waals surface area (Å²) in [6.45, 7) is 0. The van der Waals surface area contributed by atoms with Crippen LogP contribution in [0.15, 0.2) is 16.5 Å². The van der Waals surface area contributed by atoms with Gasteiger partial charge in [0.05, 0.1) is 7.11 Å². The number of hydrogen-bond acceptors (Lipinski definition) is 4. The van der Waals surface area contributed by atoms with E-state index in [9.17, 15) is 5.11 Å². The Balaban J connectivity index is 2.80. The molecule has 0 saturated carbocycles. The number of phenolic OH excluding ortho intramolecular Hbond substituents is 1. The van der Waals surface area contributed by atoms with Crippen molar-refractivity contribution in [3.05, 3.63) is 17.5 Å². The van der Waals surface area contributed by atoms with Crippen molar-refractivity contribution in [2.24, 2.45) is 0 Å². The average molecular weight is 200 g/mol. The van der Waals surface area contributed by atoms with Gasteiger partial charge in [-0.2, -0.15) is 4.98 Å². The minimum absolute atomic E-state index is 0.0268. The fraction of sp³-hybridized carbons (Fsp3) is 0.125. The van der Waals surface area contributed by atoms with Crippen LogP contribution >= 0.6 is 11.6 Å². The molecule has 1 aromatic heterocycles. The van der Waals surface area contributed by atoms with Gasteiger partial charge in [-0.1, -0.05) is 0 Å². The molecule has 5 heteroatoms. The Morgan fingerprint density at radius 1 is 1.54 bits per heavy atom. The van der Waals surface area contributed by atoms with Gasteiger partial charge in [-0.15, -0.1) is 0 Å². The lowest BCUT2D eigenvalue weighted by molar-refractivity contribution is 0.411. The predicted octanol–water partition coefficient (Wildman–Crippen LogP) is 2.20. The lowest BCUT2D eigenvalue weighted by atomic mass is 10.3. The van der Waals surface area contributed by atoms with Crippen molar-refractivity contribution in [1.29, 1.82) is 0 Å². The third kappa shape index (κ3) is 1.29. The van der Waals surface area contributed by atoms with E-state index in [4.69, 9.17) is 20.8 Å². The van der Waals surface area contributed by atoms with Crippen LogP contribution in [-0.4, -0.2) is 17.2 Å². The summed E-state index contributed by atoms with van der Waals surface area (Å²) >= 11 is 5.55. The molecule has 68 valence electrons. The van der Waals surface area contributed by atoms with Gasteiger partial charge < -0.3 is 14.3 Å². The SMILES string of the molecule is COc1cc(O)cc2oc(Cl)nc12. The molecule has 0 unspecified atom stereocenters. The smallest absolute Gasteiger partial charge is 0.293 e. The zero-order valence-corrected chi connectivity index (χ0v) is 7.50. The first-order valence-corrected chi connectivity index (χ1v) is 3.91. The van der Waals surface area contributed by atoms with Gasteiger partial charge in [0.25, 0.3) is 5.35 Å². The summed E-state index contributed by atoms with van der Waals surface area (Å²) in [4.78, 5) is 3.89. The van der Waals surface area contributed by atoms with Crippen molar-refractivity contribution in [2.75, 3.05) is 7.11 Å². The van der Waals surface area contributed by atoms with Crippen LogP contribution in [0.1, 0.15) is 0 Å². The third-order valence-electron chi connectivity index (χ3n) is 1.64. The molecule has 0 spiro atoms. The van der Waals surface area contributed by atoms with E-state index in [0.29, 0.717) is 16.8 Å². The number of ether oxygens (including phenoxy) is 1. The Hall–Kier alpha value is -1.42. The highest BCUT2D eigenvalue weighted by atomic mass is 35.5. The van der Waals surface area contributed by atoms with Crippen LogP contribution in [0.5, 0.6) is 11.5 Å². The number of fused-ring (bicyclic) bond motifs is 1.